The minimum Gasteiger partial charge on any atom is -0.493 e. The van der Waals surface area contributed by atoms with Crippen molar-refractivity contribution in [3.63, 3.8) is 0 Å². The highest BCUT2D eigenvalue weighted by molar-refractivity contribution is 7.80. The number of hydrazine groups is 1. The van der Waals surface area contributed by atoms with Crippen molar-refractivity contribution in [1.82, 2.24) is 21.5 Å². The predicted octanol–water partition coefficient (Wildman–Crippen LogP) is 2.14. The molecule has 4 N–H and O–H groups in total. The molecule has 3 atom stereocenters. The van der Waals surface area contributed by atoms with Crippen LogP contribution < -0.4 is 26.2 Å². The fourth-order valence-electron chi connectivity index (χ4n) is 3.35. The van der Waals surface area contributed by atoms with Gasteiger partial charge in [0.15, 0.2) is 5.11 Å². The highest BCUT2D eigenvalue weighted by Gasteiger charge is 2.27. The number of amides is 2. The molecule has 1 fully saturated rings. The third-order valence-corrected chi connectivity index (χ3v) is 5.40. The molecule has 7 nitrogen and oxygen atoms in total. The van der Waals surface area contributed by atoms with Crippen LogP contribution in [0.1, 0.15) is 50.4 Å². The number of benzene rings is 1. The summed E-state index contributed by atoms with van der Waals surface area (Å²) in [7, 11) is 0. The molecule has 1 aliphatic rings. The minimum absolute atomic E-state index is 0.175. The number of para-hydroxylation sites is 1. The molecule has 1 saturated carbocycles. The number of hydrogen-bond donors (Lipinski definition) is 4. The van der Waals surface area contributed by atoms with E-state index in [9.17, 15) is 9.59 Å². The molecule has 2 amide bonds. The van der Waals surface area contributed by atoms with Crippen molar-refractivity contribution in [3.8, 4) is 5.75 Å². The normalized spacial score (nSPS) is 21.3. The molecule has 28 heavy (non-hydrogen) atoms. The van der Waals surface area contributed by atoms with Crippen LogP contribution in [0.5, 0.6) is 5.75 Å². The summed E-state index contributed by atoms with van der Waals surface area (Å²) in [5, 5.41) is 6.23. The number of thiocarbonyl (C=S) groups is 1. The minimum atomic E-state index is -0.392. The van der Waals surface area contributed by atoms with Gasteiger partial charge in [0, 0.05) is 6.04 Å². The second-order valence-corrected chi connectivity index (χ2v) is 7.54. The second kappa shape index (κ2) is 10.8. The fourth-order valence-corrected chi connectivity index (χ4v) is 3.55. The van der Waals surface area contributed by atoms with Gasteiger partial charge in [0.05, 0.1) is 18.7 Å². The van der Waals surface area contributed by atoms with Gasteiger partial charge in [0.25, 0.3) is 11.8 Å². The maximum atomic E-state index is 12.3. The molecule has 2 rings (SSSR count). The Hall–Kier alpha value is -2.35. The summed E-state index contributed by atoms with van der Waals surface area (Å²) < 4.78 is 5.43. The van der Waals surface area contributed by atoms with Crippen molar-refractivity contribution >= 4 is 29.1 Å². The van der Waals surface area contributed by atoms with Gasteiger partial charge in [-0.3, -0.25) is 20.4 Å². The van der Waals surface area contributed by atoms with E-state index >= 15 is 0 Å². The third kappa shape index (κ3) is 6.37. The van der Waals surface area contributed by atoms with E-state index in [1.165, 1.54) is 12.8 Å². The lowest BCUT2D eigenvalue weighted by Crippen LogP contribution is -2.53. The van der Waals surface area contributed by atoms with E-state index in [0.717, 1.165) is 6.42 Å². The maximum absolute atomic E-state index is 12.3. The zero-order chi connectivity index (χ0) is 20.5. The molecule has 1 aromatic carbocycles. The Balaban J connectivity index is 1.74. The van der Waals surface area contributed by atoms with E-state index in [2.05, 4.69) is 35.3 Å². The zero-order valence-corrected chi connectivity index (χ0v) is 17.5. The van der Waals surface area contributed by atoms with Crippen molar-refractivity contribution in [1.29, 1.82) is 0 Å². The first-order valence-electron chi connectivity index (χ1n) is 9.77. The van der Waals surface area contributed by atoms with Gasteiger partial charge in [-0.15, -0.1) is 0 Å². The Bertz CT molecular complexity index is 698. The first kappa shape index (κ1) is 21.9. The van der Waals surface area contributed by atoms with Crippen LogP contribution in [-0.2, 0) is 4.79 Å². The Kier molecular flexibility index (Phi) is 8.50. The highest BCUT2D eigenvalue weighted by Crippen LogP contribution is 2.29. The molecule has 154 valence electrons. The van der Waals surface area contributed by atoms with Crippen LogP contribution in [0.4, 0.5) is 0 Å². The second-order valence-electron chi connectivity index (χ2n) is 7.13. The molecule has 0 saturated heterocycles. The quantitative estimate of drug-likeness (QED) is 0.427. The lowest BCUT2D eigenvalue weighted by Gasteiger charge is -2.35. The topological polar surface area (TPSA) is 91.5 Å². The lowest BCUT2D eigenvalue weighted by molar-refractivity contribution is -0.120. The molecule has 1 aliphatic carbocycles. The molecule has 1 aromatic rings. The number of nitrogens with one attached hydrogen (secondary N) is 4. The summed E-state index contributed by atoms with van der Waals surface area (Å²) in [6.07, 6.45) is 3.48. The Labute approximate surface area is 171 Å². The van der Waals surface area contributed by atoms with Crippen molar-refractivity contribution in [2.75, 3.05) is 13.2 Å². The van der Waals surface area contributed by atoms with Crippen LogP contribution >= 0.6 is 12.2 Å². The molecular weight excluding hydrogens is 376 g/mol. The number of ether oxygens (including phenoxy) is 1. The van der Waals surface area contributed by atoms with E-state index < -0.39 is 5.91 Å². The third-order valence-electron chi connectivity index (χ3n) is 5.18. The van der Waals surface area contributed by atoms with Gasteiger partial charge in [0.2, 0.25) is 0 Å². The highest BCUT2D eigenvalue weighted by atomic mass is 32.1. The van der Waals surface area contributed by atoms with Crippen molar-refractivity contribution in [2.24, 2.45) is 11.8 Å². The molecule has 0 aromatic heterocycles. The first-order valence-corrected chi connectivity index (χ1v) is 10.2. The Morgan fingerprint density at radius 1 is 1.18 bits per heavy atom. The van der Waals surface area contributed by atoms with Gasteiger partial charge in [-0.25, -0.2) is 0 Å². The number of carbonyl (C=O) groups is 2. The molecular formula is C20H30N4O3S. The lowest BCUT2D eigenvalue weighted by atomic mass is 9.78. The number of carbonyl (C=O) groups excluding carboxylic acids is 2. The van der Waals surface area contributed by atoms with E-state index in [0.29, 0.717) is 40.9 Å². The van der Waals surface area contributed by atoms with Gasteiger partial charge < -0.3 is 15.4 Å². The van der Waals surface area contributed by atoms with Crippen LogP contribution in [0.2, 0.25) is 0 Å². The molecule has 8 heteroatoms. The van der Waals surface area contributed by atoms with E-state index in [1.54, 1.807) is 24.3 Å². The molecule has 0 aliphatic heterocycles. The predicted molar refractivity (Wildman–Crippen MR) is 113 cm³/mol. The van der Waals surface area contributed by atoms with E-state index in [1.807, 2.05) is 6.92 Å². The van der Waals surface area contributed by atoms with Crippen LogP contribution in [0.3, 0.4) is 0 Å². The molecule has 0 bridgehead atoms. The average molecular weight is 407 g/mol. The Morgan fingerprint density at radius 3 is 2.68 bits per heavy atom. The van der Waals surface area contributed by atoms with Gasteiger partial charge in [-0.2, -0.15) is 0 Å². The van der Waals surface area contributed by atoms with Gasteiger partial charge in [0.1, 0.15) is 5.75 Å². The summed E-state index contributed by atoms with van der Waals surface area (Å²) in [6.45, 7) is 6.60. The first-order chi connectivity index (χ1) is 13.4. The molecule has 0 radical (unpaired) electrons. The summed E-state index contributed by atoms with van der Waals surface area (Å²) in [5.74, 6) is 0.899. The van der Waals surface area contributed by atoms with Crippen molar-refractivity contribution in [3.05, 3.63) is 29.8 Å². The standard InChI is InChI=1S/C20H30N4O3S/c1-4-27-17-11-6-5-9-15(17)19(26)21-12-18(25)23-24-20(28)22-16-10-7-8-13(2)14(16)3/h5-6,9,11,13-14,16H,4,7-8,10,12H2,1-3H3,(H,21,26)(H,23,25)(H2,22,24,28)/t13-,14+,16+/m1/s1. The van der Waals surface area contributed by atoms with Crippen LogP contribution in [0.25, 0.3) is 0 Å². The van der Waals surface area contributed by atoms with Crippen LogP contribution in [0.15, 0.2) is 24.3 Å². The van der Waals surface area contributed by atoms with Gasteiger partial charge in [-0.05, 0) is 49.5 Å². The zero-order valence-electron chi connectivity index (χ0n) is 16.7. The summed E-state index contributed by atoms with van der Waals surface area (Å²) in [4.78, 5) is 24.3. The van der Waals surface area contributed by atoms with Gasteiger partial charge in [-0.1, -0.05) is 38.8 Å². The van der Waals surface area contributed by atoms with Gasteiger partial charge >= 0.3 is 0 Å². The maximum Gasteiger partial charge on any atom is 0.257 e. The van der Waals surface area contributed by atoms with Crippen molar-refractivity contribution in [2.45, 2.75) is 46.1 Å². The van der Waals surface area contributed by atoms with E-state index in [-0.39, 0.29) is 12.5 Å². The van der Waals surface area contributed by atoms with Crippen LogP contribution in [0, 0.1) is 11.8 Å². The average Bonchev–Trinajstić information content (AvgIpc) is 2.68. The molecule has 0 spiro atoms. The number of hydrogen-bond acceptors (Lipinski definition) is 4. The largest absolute Gasteiger partial charge is 0.493 e. The number of rotatable bonds is 6. The monoisotopic (exact) mass is 406 g/mol. The van der Waals surface area contributed by atoms with E-state index in [4.69, 9.17) is 17.0 Å². The summed E-state index contributed by atoms with van der Waals surface area (Å²) in [6, 6.07) is 7.21. The fraction of sp³-hybridized carbons (Fsp3) is 0.550. The summed E-state index contributed by atoms with van der Waals surface area (Å²) in [5.41, 5.74) is 5.60. The molecule has 0 unspecified atom stereocenters. The van der Waals surface area contributed by atoms with Crippen molar-refractivity contribution < 1.29 is 14.3 Å². The smallest absolute Gasteiger partial charge is 0.257 e. The van der Waals surface area contributed by atoms with Crippen LogP contribution in [-0.4, -0.2) is 36.1 Å². The Morgan fingerprint density at radius 2 is 1.93 bits per heavy atom. The molecule has 0 heterocycles. The SMILES string of the molecule is CCOc1ccccc1C(=O)NCC(=O)NNC(=S)N[C@H]1CCC[C@@H](C)[C@@H]1C. The summed E-state index contributed by atoms with van der Waals surface area (Å²) >= 11 is 5.26.